The number of imide groups is 1. The molecule has 0 unspecified atom stereocenters. The molecule has 1 aliphatic heterocycles. The van der Waals surface area contributed by atoms with Crippen LogP contribution >= 0.6 is 0 Å². The number of nitro benzene ring substituents is 1. The number of anilines is 1. The highest BCUT2D eigenvalue weighted by molar-refractivity contribution is 6.21. The maximum Gasteiger partial charge on any atom is 0.295 e. The number of hydrogen-bond donors (Lipinski definition) is 1. The highest BCUT2D eigenvalue weighted by atomic mass is 16.6. The summed E-state index contributed by atoms with van der Waals surface area (Å²) in [6, 6.07) is 11.0. The molecule has 0 bridgehead atoms. The summed E-state index contributed by atoms with van der Waals surface area (Å²) in [6.45, 7) is 0.613. The summed E-state index contributed by atoms with van der Waals surface area (Å²) in [7, 11) is 0. The average Bonchev–Trinajstić information content (AvgIpc) is 2.87. The second-order valence-corrected chi connectivity index (χ2v) is 5.84. The van der Waals surface area contributed by atoms with E-state index in [1.807, 2.05) is 0 Å². The van der Waals surface area contributed by atoms with Gasteiger partial charge in [0.1, 0.15) is 11.4 Å². The Labute approximate surface area is 149 Å². The zero-order valence-electron chi connectivity index (χ0n) is 13.9. The van der Waals surface area contributed by atoms with E-state index >= 15 is 0 Å². The number of rotatable bonds is 7. The molecule has 8 nitrogen and oxygen atoms in total. The van der Waals surface area contributed by atoms with Crippen molar-refractivity contribution in [2.45, 2.75) is 12.8 Å². The first-order valence-corrected chi connectivity index (χ1v) is 8.11. The molecule has 134 valence electrons. The molecule has 0 saturated carbocycles. The molecule has 1 heterocycles. The molecule has 0 spiro atoms. The number of nitrogens with zero attached hydrogens (tertiary/aromatic N) is 2. The van der Waals surface area contributed by atoms with Crippen molar-refractivity contribution in [1.82, 2.24) is 4.90 Å². The molecule has 0 atom stereocenters. The molecule has 8 heteroatoms. The summed E-state index contributed by atoms with van der Waals surface area (Å²) in [5, 5.41) is 10.9. The minimum Gasteiger partial charge on any atom is -0.493 e. The molecule has 2 aromatic carbocycles. The first-order chi connectivity index (χ1) is 12.5. The Morgan fingerprint density at radius 2 is 1.69 bits per heavy atom. The maximum absolute atomic E-state index is 12.2. The average molecular weight is 355 g/mol. The second kappa shape index (κ2) is 7.22. The van der Waals surface area contributed by atoms with Gasteiger partial charge in [0.25, 0.3) is 17.5 Å². The number of nitrogen functional groups attached to an aromatic ring is 1. The van der Waals surface area contributed by atoms with Crippen molar-refractivity contribution in [2.75, 3.05) is 18.9 Å². The Kier molecular flexibility index (Phi) is 4.83. The highest BCUT2D eigenvalue weighted by Crippen LogP contribution is 2.26. The summed E-state index contributed by atoms with van der Waals surface area (Å²) < 4.78 is 5.48. The van der Waals surface area contributed by atoms with Gasteiger partial charge < -0.3 is 10.5 Å². The van der Waals surface area contributed by atoms with Gasteiger partial charge in [0, 0.05) is 6.54 Å². The zero-order valence-corrected chi connectivity index (χ0v) is 13.9. The molecule has 0 fully saturated rings. The van der Waals surface area contributed by atoms with Gasteiger partial charge in [-0.2, -0.15) is 0 Å². The number of ether oxygens (including phenoxy) is 1. The van der Waals surface area contributed by atoms with Gasteiger partial charge in [-0.05, 0) is 37.1 Å². The minimum atomic E-state index is -0.565. The van der Waals surface area contributed by atoms with Crippen LogP contribution in [0.2, 0.25) is 0 Å². The van der Waals surface area contributed by atoms with E-state index in [1.165, 1.54) is 17.0 Å². The second-order valence-electron chi connectivity index (χ2n) is 5.84. The predicted octanol–water partition coefficient (Wildman–Crippen LogP) is 2.63. The summed E-state index contributed by atoms with van der Waals surface area (Å²) in [4.78, 5) is 36.0. The third kappa shape index (κ3) is 3.34. The fraction of sp³-hybridized carbons (Fsp3) is 0.222. The van der Waals surface area contributed by atoms with Gasteiger partial charge in [-0.25, -0.2) is 0 Å². The molecular formula is C18H17N3O5. The summed E-state index contributed by atoms with van der Waals surface area (Å²) in [5.74, 6) is -0.201. The van der Waals surface area contributed by atoms with E-state index < -0.39 is 4.92 Å². The largest absolute Gasteiger partial charge is 0.493 e. The van der Waals surface area contributed by atoms with E-state index in [9.17, 15) is 19.7 Å². The highest BCUT2D eigenvalue weighted by Gasteiger charge is 2.34. The molecular weight excluding hydrogens is 338 g/mol. The lowest BCUT2D eigenvalue weighted by atomic mass is 10.1. The van der Waals surface area contributed by atoms with Crippen LogP contribution in [0.1, 0.15) is 33.6 Å². The van der Waals surface area contributed by atoms with Crippen LogP contribution in [-0.4, -0.2) is 34.8 Å². The fourth-order valence-electron chi connectivity index (χ4n) is 2.78. The standard InChI is InChI=1S/C18H17N3O5/c19-15-8-7-12(11-16(15)21(24)25)26-10-4-3-9-20-17(22)13-5-1-2-6-14(13)18(20)23/h1-2,5-8,11H,3-4,9-10,19H2. The Morgan fingerprint density at radius 1 is 1.04 bits per heavy atom. The number of unbranched alkanes of at least 4 members (excludes halogenated alkanes) is 1. The summed E-state index contributed by atoms with van der Waals surface area (Å²) in [6.07, 6.45) is 1.16. The lowest BCUT2D eigenvalue weighted by Gasteiger charge is -2.13. The van der Waals surface area contributed by atoms with Gasteiger partial charge in [-0.15, -0.1) is 0 Å². The first-order valence-electron chi connectivity index (χ1n) is 8.11. The van der Waals surface area contributed by atoms with E-state index in [2.05, 4.69) is 0 Å². The number of nitro groups is 1. The van der Waals surface area contributed by atoms with Crippen molar-refractivity contribution in [3.8, 4) is 5.75 Å². The molecule has 3 rings (SSSR count). The normalized spacial score (nSPS) is 13.0. The fourth-order valence-corrected chi connectivity index (χ4v) is 2.78. The Balaban J connectivity index is 1.48. The molecule has 0 saturated heterocycles. The van der Waals surface area contributed by atoms with Gasteiger partial charge in [0.05, 0.1) is 28.7 Å². The number of nitrogens with two attached hydrogens (primary N) is 1. The van der Waals surface area contributed by atoms with Crippen LogP contribution in [0.15, 0.2) is 42.5 Å². The molecule has 1 aliphatic rings. The zero-order chi connectivity index (χ0) is 18.7. The minimum absolute atomic E-state index is 0.0768. The number of benzene rings is 2. The number of fused-ring (bicyclic) bond motifs is 1. The van der Waals surface area contributed by atoms with Gasteiger partial charge in [-0.3, -0.25) is 24.6 Å². The predicted molar refractivity (Wildman–Crippen MR) is 94.0 cm³/mol. The molecule has 2 N–H and O–H groups in total. The molecule has 0 aromatic heterocycles. The van der Waals surface area contributed by atoms with E-state index in [1.54, 1.807) is 30.3 Å². The lowest BCUT2D eigenvalue weighted by Crippen LogP contribution is -2.30. The molecule has 26 heavy (non-hydrogen) atoms. The van der Waals surface area contributed by atoms with Crippen LogP contribution in [-0.2, 0) is 0 Å². The van der Waals surface area contributed by atoms with E-state index in [0.29, 0.717) is 42.9 Å². The van der Waals surface area contributed by atoms with Gasteiger partial charge in [0.2, 0.25) is 0 Å². The number of hydrogen-bond acceptors (Lipinski definition) is 6. The Morgan fingerprint density at radius 3 is 2.31 bits per heavy atom. The lowest BCUT2D eigenvalue weighted by molar-refractivity contribution is -0.384. The third-order valence-electron chi connectivity index (χ3n) is 4.12. The van der Waals surface area contributed by atoms with Crippen molar-refractivity contribution >= 4 is 23.2 Å². The van der Waals surface area contributed by atoms with Crippen molar-refractivity contribution in [3.05, 3.63) is 63.7 Å². The van der Waals surface area contributed by atoms with Crippen LogP contribution in [0.25, 0.3) is 0 Å². The third-order valence-corrected chi connectivity index (χ3v) is 4.12. The number of amides is 2. The topological polar surface area (TPSA) is 116 Å². The van der Waals surface area contributed by atoms with Crippen molar-refractivity contribution < 1.29 is 19.2 Å². The SMILES string of the molecule is Nc1ccc(OCCCCN2C(=O)c3ccccc3C2=O)cc1[N+](=O)[O-]. The molecule has 0 radical (unpaired) electrons. The van der Waals surface area contributed by atoms with Crippen LogP contribution < -0.4 is 10.5 Å². The quantitative estimate of drug-likeness (QED) is 0.268. The van der Waals surface area contributed by atoms with E-state index in [4.69, 9.17) is 10.5 Å². The molecule has 2 aromatic rings. The Hall–Kier alpha value is -3.42. The van der Waals surface area contributed by atoms with Crippen LogP contribution in [0.5, 0.6) is 5.75 Å². The molecule has 0 aliphatic carbocycles. The monoisotopic (exact) mass is 355 g/mol. The number of carbonyl (C=O) groups is 2. The Bertz CT molecular complexity index is 846. The smallest absolute Gasteiger partial charge is 0.295 e. The van der Waals surface area contributed by atoms with E-state index in [0.717, 1.165) is 0 Å². The van der Waals surface area contributed by atoms with E-state index in [-0.39, 0.29) is 23.2 Å². The maximum atomic E-state index is 12.2. The molecule has 2 amide bonds. The van der Waals surface area contributed by atoms with Crippen molar-refractivity contribution in [1.29, 1.82) is 0 Å². The van der Waals surface area contributed by atoms with Crippen LogP contribution in [0, 0.1) is 10.1 Å². The number of carbonyl (C=O) groups excluding carboxylic acids is 2. The first kappa shape index (κ1) is 17.4. The van der Waals surface area contributed by atoms with Gasteiger partial charge >= 0.3 is 0 Å². The van der Waals surface area contributed by atoms with Crippen molar-refractivity contribution in [3.63, 3.8) is 0 Å². The van der Waals surface area contributed by atoms with Crippen molar-refractivity contribution in [2.24, 2.45) is 0 Å². The summed E-state index contributed by atoms with van der Waals surface area (Å²) in [5.41, 5.74) is 6.28. The van der Waals surface area contributed by atoms with Gasteiger partial charge in [-0.1, -0.05) is 12.1 Å². The van der Waals surface area contributed by atoms with Crippen LogP contribution in [0.3, 0.4) is 0 Å². The van der Waals surface area contributed by atoms with Crippen LogP contribution in [0.4, 0.5) is 11.4 Å². The summed E-state index contributed by atoms with van der Waals surface area (Å²) >= 11 is 0. The van der Waals surface area contributed by atoms with Gasteiger partial charge in [0.15, 0.2) is 0 Å².